The monoisotopic (exact) mass is 309 g/mol. The summed E-state index contributed by atoms with van der Waals surface area (Å²) in [6, 6.07) is 10.5. The molecule has 0 saturated carbocycles. The van der Waals surface area contributed by atoms with Crippen LogP contribution in [0.15, 0.2) is 36.4 Å². The van der Waals surface area contributed by atoms with E-state index in [0.29, 0.717) is 27.7 Å². The van der Waals surface area contributed by atoms with Gasteiger partial charge in [-0.2, -0.15) is 0 Å². The Labute approximate surface area is 127 Å². The van der Waals surface area contributed by atoms with Gasteiger partial charge in [0.25, 0.3) is 0 Å². The first kappa shape index (κ1) is 14.7. The van der Waals surface area contributed by atoms with Gasteiger partial charge in [-0.15, -0.1) is 0 Å². The second-order valence-electron chi connectivity index (χ2n) is 4.39. The highest BCUT2D eigenvalue weighted by Crippen LogP contribution is 2.24. The molecule has 2 aromatic rings. The lowest BCUT2D eigenvalue weighted by atomic mass is 10.1. The van der Waals surface area contributed by atoms with Crippen molar-refractivity contribution in [3.8, 4) is 0 Å². The average molecular weight is 310 g/mol. The van der Waals surface area contributed by atoms with E-state index in [2.05, 4.69) is 5.32 Å². The minimum Gasteiger partial charge on any atom is -0.478 e. The van der Waals surface area contributed by atoms with Crippen LogP contribution in [0, 0.1) is 6.92 Å². The summed E-state index contributed by atoms with van der Waals surface area (Å²) in [6.07, 6.45) is 0. The third-order valence-electron chi connectivity index (χ3n) is 3.03. The van der Waals surface area contributed by atoms with Crippen molar-refractivity contribution in [2.45, 2.75) is 13.5 Å². The Bertz CT molecular complexity index is 656. The topological polar surface area (TPSA) is 49.3 Å². The number of hydrogen-bond donors (Lipinski definition) is 2. The van der Waals surface area contributed by atoms with Crippen molar-refractivity contribution < 1.29 is 9.90 Å². The van der Waals surface area contributed by atoms with E-state index in [4.69, 9.17) is 28.3 Å². The predicted molar refractivity (Wildman–Crippen MR) is 81.9 cm³/mol. The first-order valence-electron chi connectivity index (χ1n) is 5.99. The van der Waals surface area contributed by atoms with E-state index >= 15 is 0 Å². The molecule has 2 rings (SSSR count). The van der Waals surface area contributed by atoms with Gasteiger partial charge in [0.05, 0.1) is 15.6 Å². The number of aromatic carboxylic acids is 1. The number of nitrogens with one attached hydrogen (secondary N) is 1. The average Bonchev–Trinajstić information content (AvgIpc) is 2.41. The van der Waals surface area contributed by atoms with Crippen LogP contribution in [0.25, 0.3) is 0 Å². The number of rotatable bonds is 4. The number of carboxylic acid groups (broad SMARTS) is 1. The Kier molecular flexibility index (Phi) is 4.53. The molecule has 0 bridgehead atoms. The van der Waals surface area contributed by atoms with E-state index in [1.165, 1.54) is 0 Å². The maximum atomic E-state index is 11.1. The van der Waals surface area contributed by atoms with Gasteiger partial charge in [-0.25, -0.2) is 4.79 Å². The van der Waals surface area contributed by atoms with Crippen molar-refractivity contribution >= 4 is 34.9 Å². The van der Waals surface area contributed by atoms with Crippen molar-refractivity contribution in [2.75, 3.05) is 5.32 Å². The number of carbonyl (C=O) groups is 1. The van der Waals surface area contributed by atoms with Gasteiger partial charge in [-0.1, -0.05) is 35.3 Å². The van der Waals surface area contributed by atoms with Gasteiger partial charge in [0.1, 0.15) is 0 Å². The van der Waals surface area contributed by atoms with Crippen LogP contribution < -0.4 is 5.32 Å². The predicted octanol–water partition coefficient (Wildman–Crippen LogP) is 4.61. The minimum atomic E-state index is -0.930. The summed E-state index contributed by atoms with van der Waals surface area (Å²) in [7, 11) is 0. The second kappa shape index (κ2) is 6.16. The molecule has 0 heterocycles. The normalized spacial score (nSPS) is 10.3. The lowest BCUT2D eigenvalue weighted by Crippen LogP contribution is -2.05. The summed E-state index contributed by atoms with van der Waals surface area (Å²) in [5.74, 6) is -0.930. The van der Waals surface area contributed by atoms with Crippen molar-refractivity contribution in [3.05, 3.63) is 63.1 Å². The quantitative estimate of drug-likeness (QED) is 0.867. The summed E-state index contributed by atoms with van der Waals surface area (Å²) in [5.41, 5.74) is 2.76. The Balaban J connectivity index is 2.17. The highest BCUT2D eigenvalue weighted by atomic mass is 35.5. The van der Waals surface area contributed by atoms with Gasteiger partial charge in [0.2, 0.25) is 0 Å². The van der Waals surface area contributed by atoms with E-state index in [1.54, 1.807) is 31.2 Å². The molecule has 20 heavy (non-hydrogen) atoms. The molecular weight excluding hydrogens is 297 g/mol. The maximum Gasteiger partial charge on any atom is 0.336 e. The van der Waals surface area contributed by atoms with Crippen LogP contribution in [0.4, 0.5) is 5.69 Å². The van der Waals surface area contributed by atoms with E-state index < -0.39 is 5.97 Å². The van der Waals surface area contributed by atoms with Gasteiger partial charge in [0, 0.05) is 12.2 Å². The molecule has 0 unspecified atom stereocenters. The number of anilines is 1. The summed E-state index contributed by atoms with van der Waals surface area (Å²) in [6.45, 7) is 2.32. The minimum absolute atomic E-state index is 0.295. The lowest BCUT2D eigenvalue weighted by molar-refractivity contribution is 0.0696. The third kappa shape index (κ3) is 3.24. The molecular formula is C15H13Cl2NO2. The van der Waals surface area contributed by atoms with Gasteiger partial charge >= 0.3 is 5.97 Å². The van der Waals surface area contributed by atoms with Crippen LogP contribution in [0.3, 0.4) is 0 Å². The van der Waals surface area contributed by atoms with Crippen molar-refractivity contribution in [1.82, 2.24) is 0 Å². The first-order chi connectivity index (χ1) is 9.49. The fraction of sp³-hybridized carbons (Fsp3) is 0.133. The molecule has 0 saturated heterocycles. The standard InChI is InChI=1S/C15H13Cl2NO2/c1-9-11(15(19)20)3-2-4-14(9)18-8-10-5-6-12(16)13(17)7-10/h2-7,18H,8H2,1H3,(H,19,20). The fourth-order valence-electron chi connectivity index (χ4n) is 1.91. The smallest absolute Gasteiger partial charge is 0.336 e. The molecule has 0 amide bonds. The molecule has 3 nitrogen and oxygen atoms in total. The largest absolute Gasteiger partial charge is 0.478 e. The van der Waals surface area contributed by atoms with Gasteiger partial charge < -0.3 is 10.4 Å². The van der Waals surface area contributed by atoms with Crippen molar-refractivity contribution in [2.24, 2.45) is 0 Å². The maximum absolute atomic E-state index is 11.1. The molecule has 2 aromatic carbocycles. The Hall–Kier alpha value is -1.71. The van der Waals surface area contributed by atoms with Crippen LogP contribution in [0.2, 0.25) is 10.0 Å². The number of hydrogen-bond acceptors (Lipinski definition) is 2. The summed E-state index contributed by atoms with van der Waals surface area (Å²) in [5, 5.41) is 13.3. The lowest BCUT2D eigenvalue weighted by Gasteiger charge is -2.12. The molecule has 2 N–H and O–H groups in total. The molecule has 0 aromatic heterocycles. The highest BCUT2D eigenvalue weighted by Gasteiger charge is 2.09. The first-order valence-corrected chi connectivity index (χ1v) is 6.75. The van der Waals surface area contributed by atoms with Crippen molar-refractivity contribution in [1.29, 1.82) is 0 Å². The van der Waals surface area contributed by atoms with Crippen LogP contribution in [-0.4, -0.2) is 11.1 Å². The zero-order chi connectivity index (χ0) is 14.7. The molecule has 104 valence electrons. The number of halogens is 2. The van der Waals surface area contributed by atoms with Gasteiger partial charge in [-0.3, -0.25) is 0 Å². The molecule has 0 radical (unpaired) electrons. The Morgan fingerprint density at radius 1 is 1.20 bits per heavy atom. The fourth-order valence-corrected chi connectivity index (χ4v) is 2.23. The van der Waals surface area contributed by atoms with E-state index in [1.807, 2.05) is 12.1 Å². The molecule has 5 heteroatoms. The third-order valence-corrected chi connectivity index (χ3v) is 3.77. The second-order valence-corrected chi connectivity index (χ2v) is 5.20. The zero-order valence-corrected chi connectivity index (χ0v) is 12.3. The van der Waals surface area contributed by atoms with Gasteiger partial charge in [-0.05, 0) is 42.3 Å². The van der Waals surface area contributed by atoms with Crippen LogP contribution >= 0.6 is 23.2 Å². The van der Waals surface area contributed by atoms with Crippen LogP contribution in [0.5, 0.6) is 0 Å². The molecule has 0 spiro atoms. The van der Waals surface area contributed by atoms with Crippen molar-refractivity contribution in [3.63, 3.8) is 0 Å². The summed E-state index contributed by atoms with van der Waals surface area (Å²) >= 11 is 11.8. The van der Waals surface area contributed by atoms with E-state index in [-0.39, 0.29) is 0 Å². The molecule has 0 atom stereocenters. The summed E-state index contributed by atoms with van der Waals surface area (Å²) in [4.78, 5) is 11.1. The van der Waals surface area contributed by atoms with E-state index in [9.17, 15) is 4.79 Å². The number of benzene rings is 2. The molecule has 0 aliphatic carbocycles. The van der Waals surface area contributed by atoms with Gasteiger partial charge in [0.15, 0.2) is 0 Å². The Morgan fingerprint density at radius 2 is 1.95 bits per heavy atom. The zero-order valence-electron chi connectivity index (χ0n) is 10.8. The summed E-state index contributed by atoms with van der Waals surface area (Å²) < 4.78 is 0. The van der Waals surface area contributed by atoms with Crippen LogP contribution in [0.1, 0.15) is 21.5 Å². The van der Waals surface area contributed by atoms with Crippen LogP contribution in [-0.2, 0) is 6.54 Å². The SMILES string of the molecule is Cc1c(NCc2ccc(Cl)c(Cl)c2)cccc1C(=O)O. The molecule has 0 fully saturated rings. The highest BCUT2D eigenvalue weighted by molar-refractivity contribution is 6.42. The Morgan fingerprint density at radius 3 is 2.60 bits per heavy atom. The molecule has 0 aliphatic rings. The number of carboxylic acids is 1. The molecule has 0 aliphatic heterocycles. The van der Waals surface area contributed by atoms with E-state index in [0.717, 1.165) is 11.3 Å².